The van der Waals surface area contributed by atoms with Crippen molar-refractivity contribution in [1.82, 2.24) is 14.5 Å². The molecule has 0 spiro atoms. The Bertz CT molecular complexity index is 928. The number of imidazole rings is 1. The quantitative estimate of drug-likeness (QED) is 0.843. The van der Waals surface area contributed by atoms with Crippen molar-refractivity contribution in [3.63, 3.8) is 0 Å². The fourth-order valence-corrected chi connectivity index (χ4v) is 5.12. The molecule has 0 amide bonds. The molecule has 28 heavy (non-hydrogen) atoms. The number of aromatic amines is 1. The van der Waals surface area contributed by atoms with Gasteiger partial charge in [0.25, 0.3) is 0 Å². The van der Waals surface area contributed by atoms with Crippen LogP contribution in [0.2, 0.25) is 5.02 Å². The summed E-state index contributed by atoms with van der Waals surface area (Å²) in [7, 11) is 0. The molecule has 2 aliphatic rings. The standard InChI is InChI=1S/C21H27ClN4O2/c1-2-28-17-5-3-15(4-6-17)25-9-7-16(8-10-25)26-20-11-14(13-23)18(22)12-19(20)24-21(26)27/h11-12,15-17H,2-10H2,1H3,(H,24,27). The van der Waals surface area contributed by atoms with E-state index in [1.807, 2.05) is 4.57 Å². The van der Waals surface area contributed by atoms with E-state index in [-0.39, 0.29) is 11.7 Å². The molecule has 0 atom stereocenters. The normalized spacial score (nSPS) is 24.5. The van der Waals surface area contributed by atoms with Gasteiger partial charge in [0.05, 0.1) is 27.7 Å². The van der Waals surface area contributed by atoms with Crippen LogP contribution in [0, 0.1) is 11.3 Å². The van der Waals surface area contributed by atoms with Crippen molar-refractivity contribution in [2.24, 2.45) is 0 Å². The van der Waals surface area contributed by atoms with Gasteiger partial charge in [-0.3, -0.25) is 4.57 Å². The summed E-state index contributed by atoms with van der Waals surface area (Å²) < 4.78 is 7.60. The van der Waals surface area contributed by atoms with Gasteiger partial charge in [-0.2, -0.15) is 5.26 Å². The minimum Gasteiger partial charge on any atom is -0.379 e. The molecular weight excluding hydrogens is 376 g/mol. The summed E-state index contributed by atoms with van der Waals surface area (Å²) in [5.74, 6) is 0. The molecule has 0 bridgehead atoms. The van der Waals surface area contributed by atoms with Crippen LogP contribution < -0.4 is 5.69 Å². The first-order valence-corrected chi connectivity index (χ1v) is 10.7. The maximum atomic E-state index is 12.6. The highest BCUT2D eigenvalue weighted by Crippen LogP contribution is 2.31. The third-order valence-corrected chi connectivity index (χ3v) is 6.67. The van der Waals surface area contributed by atoms with Gasteiger partial charge in [0.15, 0.2) is 0 Å². The van der Waals surface area contributed by atoms with Crippen LogP contribution in [0.4, 0.5) is 0 Å². The fraction of sp³-hybridized carbons (Fsp3) is 0.619. The van der Waals surface area contributed by atoms with Crippen LogP contribution in [0.25, 0.3) is 11.0 Å². The molecule has 2 aromatic rings. The van der Waals surface area contributed by atoms with Gasteiger partial charge in [-0.1, -0.05) is 11.6 Å². The summed E-state index contributed by atoms with van der Waals surface area (Å²) in [6, 6.07) is 6.32. The van der Waals surface area contributed by atoms with Crippen molar-refractivity contribution in [1.29, 1.82) is 5.26 Å². The lowest BCUT2D eigenvalue weighted by Crippen LogP contribution is -2.45. The van der Waals surface area contributed by atoms with Gasteiger partial charge >= 0.3 is 5.69 Å². The van der Waals surface area contributed by atoms with Crippen LogP contribution in [-0.4, -0.2) is 46.3 Å². The van der Waals surface area contributed by atoms with E-state index < -0.39 is 0 Å². The van der Waals surface area contributed by atoms with Crippen molar-refractivity contribution < 1.29 is 4.74 Å². The van der Waals surface area contributed by atoms with Crippen LogP contribution in [0.15, 0.2) is 16.9 Å². The second-order valence-corrected chi connectivity index (χ2v) is 8.32. The zero-order valence-electron chi connectivity index (χ0n) is 16.3. The van der Waals surface area contributed by atoms with Crippen molar-refractivity contribution >= 4 is 22.6 Å². The van der Waals surface area contributed by atoms with E-state index in [4.69, 9.17) is 16.3 Å². The van der Waals surface area contributed by atoms with E-state index in [1.165, 1.54) is 12.8 Å². The smallest absolute Gasteiger partial charge is 0.326 e. The van der Waals surface area contributed by atoms with Gasteiger partial charge < -0.3 is 14.6 Å². The number of nitrogens with zero attached hydrogens (tertiary/aromatic N) is 3. The maximum Gasteiger partial charge on any atom is 0.326 e. The minimum atomic E-state index is -0.114. The number of likely N-dealkylation sites (tertiary alicyclic amines) is 1. The van der Waals surface area contributed by atoms with E-state index in [9.17, 15) is 10.1 Å². The highest BCUT2D eigenvalue weighted by molar-refractivity contribution is 6.32. The molecule has 1 aromatic carbocycles. The van der Waals surface area contributed by atoms with E-state index >= 15 is 0 Å². The SMILES string of the molecule is CCOC1CCC(N2CCC(n3c(=O)[nH]c4cc(Cl)c(C#N)cc43)CC2)CC1. The average molecular weight is 403 g/mol. The lowest BCUT2D eigenvalue weighted by atomic mass is 9.90. The molecule has 0 unspecified atom stereocenters. The lowest BCUT2D eigenvalue weighted by molar-refractivity contribution is 0.00796. The highest BCUT2D eigenvalue weighted by Gasteiger charge is 2.30. The number of piperidine rings is 1. The summed E-state index contributed by atoms with van der Waals surface area (Å²) in [6.07, 6.45) is 7.03. The predicted molar refractivity (Wildman–Crippen MR) is 110 cm³/mol. The number of aromatic nitrogens is 2. The topological polar surface area (TPSA) is 74.0 Å². The summed E-state index contributed by atoms with van der Waals surface area (Å²) in [6.45, 7) is 4.88. The van der Waals surface area contributed by atoms with Crippen molar-refractivity contribution in [3.05, 3.63) is 33.2 Å². The average Bonchev–Trinajstić information content (AvgIpc) is 3.02. The van der Waals surface area contributed by atoms with E-state index in [2.05, 4.69) is 22.9 Å². The molecule has 6 nitrogen and oxygen atoms in total. The molecule has 4 rings (SSSR count). The number of halogens is 1. The maximum absolute atomic E-state index is 12.6. The summed E-state index contributed by atoms with van der Waals surface area (Å²) >= 11 is 6.12. The summed E-state index contributed by atoms with van der Waals surface area (Å²) in [4.78, 5) is 18.1. The molecule has 1 N–H and O–H groups in total. The second-order valence-electron chi connectivity index (χ2n) is 7.91. The van der Waals surface area contributed by atoms with Crippen molar-refractivity contribution in [2.45, 2.75) is 63.6 Å². The van der Waals surface area contributed by atoms with E-state index in [1.54, 1.807) is 12.1 Å². The Balaban J connectivity index is 1.45. The Hall–Kier alpha value is -1.81. The number of ether oxygens (including phenoxy) is 1. The number of rotatable bonds is 4. The number of fused-ring (bicyclic) bond motifs is 1. The molecule has 1 aromatic heterocycles. The molecule has 1 aliphatic heterocycles. The Morgan fingerprint density at radius 2 is 1.89 bits per heavy atom. The number of H-pyrrole nitrogens is 1. The van der Waals surface area contributed by atoms with E-state index in [0.717, 1.165) is 50.9 Å². The van der Waals surface area contributed by atoms with Gasteiger partial charge in [-0.15, -0.1) is 0 Å². The number of hydrogen-bond donors (Lipinski definition) is 1. The predicted octanol–water partition coefficient (Wildman–Crippen LogP) is 3.84. The largest absolute Gasteiger partial charge is 0.379 e. The number of nitrogens with one attached hydrogen (secondary N) is 1. The van der Waals surface area contributed by atoms with Crippen LogP contribution in [0.3, 0.4) is 0 Å². The third kappa shape index (κ3) is 3.71. The first-order valence-electron chi connectivity index (χ1n) is 10.3. The van der Waals surface area contributed by atoms with Gasteiger partial charge in [-0.05, 0) is 57.6 Å². The Morgan fingerprint density at radius 3 is 2.54 bits per heavy atom. The lowest BCUT2D eigenvalue weighted by Gasteiger charge is -2.40. The van der Waals surface area contributed by atoms with Gasteiger partial charge in [0, 0.05) is 31.8 Å². The van der Waals surface area contributed by atoms with Gasteiger partial charge in [0.1, 0.15) is 6.07 Å². The third-order valence-electron chi connectivity index (χ3n) is 6.35. The van der Waals surface area contributed by atoms with Crippen LogP contribution in [0.5, 0.6) is 0 Å². The molecule has 2 heterocycles. The number of hydrogen-bond acceptors (Lipinski definition) is 4. The molecule has 7 heteroatoms. The second kappa shape index (κ2) is 8.28. The zero-order chi connectivity index (χ0) is 19.7. The minimum absolute atomic E-state index is 0.114. The van der Waals surface area contributed by atoms with Crippen LogP contribution >= 0.6 is 11.6 Å². The molecule has 1 saturated carbocycles. The zero-order valence-corrected chi connectivity index (χ0v) is 17.0. The van der Waals surface area contributed by atoms with Crippen LogP contribution in [0.1, 0.15) is 57.1 Å². The van der Waals surface area contributed by atoms with Crippen molar-refractivity contribution in [3.8, 4) is 6.07 Å². The number of nitriles is 1. The first kappa shape index (κ1) is 19.5. The van der Waals surface area contributed by atoms with Gasteiger partial charge in [0.2, 0.25) is 0 Å². The Labute approximate surface area is 170 Å². The summed E-state index contributed by atoms with van der Waals surface area (Å²) in [5.41, 5.74) is 1.77. The molecule has 150 valence electrons. The molecule has 0 radical (unpaired) electrons. The van der Waals surface area contributed by atoms with E-state index in [0.29, 0.717) is 28.2 Å². The van der Waals surface area contributed by atoms with Gasteiger partial charge in [-0.25, -0.2) is 4.79 Å². The molecule has 1 aliphatic carbocycles. The molecule has 1 saturated heterocycles. The molecule has 2 fully saturated rings. The summed E-state index contributed by atoms with van der Waals surface area (Å²) in [5, 5.41) is 9.65. The Morgan fingerprint density at radius 1 is 1.18 bits per heavy atom. The number of benzene rings is 1. The Kier molecular flexibility index (Phi) is 5.77. The first-order chi connectivity index (χ1) is 13.6. The fourth-order valence-electron chi connectivity index (χ4n) is 4.92. The van der Waals surface area contributed by atoms with Crippen LogP contribution in [-0.2, 0) is 4.74 Å². The molecular formula is C21H27ClN4O2. The monoisotopic (exact) mass is 402 g/mol. The highest BCUT2D eigenvalue weighted by atomic mass is 35.5. The van der Waals surface area contributed by atoms with Crippen molar-refractivity contribution in [2.75, 3.05) is 19.7 Å².